The van der Waals surface area contributed by atoms with Gasteiger partial charge in [-0.2, -0.15) is 0 Å². The molecule has 1 unspecified atom stereocenters. The smallest absolute Gasteiger partial charge is 0.225 e. The molecular formula is C17H22N6O. The second-order valence-electron chi connectivity index (χ2n) is 6.45. The van der Waals surface area contributed by atoms with Crippen LogP contribution in [-0.2, 0) is 4.74 Å². The summed E-state index contributed by atoms with van der Waals surface area (Å²) in [5.41, 5.74) is 1.08. The first-order chi connectivity index (χ1) is 11.8. The molecule has 1 N–H and O–H groups in total. The maximum absolute atomic E-state index is 6.10. The molecule has 1 saturated carbocycles. The zero-order valence-corrected chi connectivity index (χ0v) is 13.8. The van der Waals surface area contributed by atoms with Crippen molar-refractivity contribution in [3.05, 3.63) is 36.4 Å². The Labute approximate surface area is 141 Å². The molecule has 4 rings (SSSR count). The number of hydrogen-bond acceptors (Lipinski definition) is 7. The number of fused-ring (bicyclic) bond motifs is 1. The molecule has 24 heavy (non-hydrogen) atoms. The van der Waals surface area contributed by atoms with Gasteiger partial charge >= 0.3 is 0 Å². The Morgan fingerprint density at radius 3 is 2.75 bits per heavy atom. The van der Waals surface area contributed by atoms with Crippen LogP contribution in [0.1, 0.15) is 18.4 Å². The van der Waals surface area contributed by atoms with Gasteiger partial charge in [0, 0.05) is 43.8 Å². The Kier molecular flexibility index (Phi) is 4.25. The number of nitrogens with one attached hydrogen (secondary N) is 1. The molecular weight excluding hydrogens is 304 g/mol. The van der Waals surface area contributed by atoms with Crippen LogP contribution in [0.4, 0.5) is 11.9 Å². The summed E-state index contributed by atoms with van der Waals surface area (Å²) < 4.78 is 6.10. The van der Waals surface area contributed by atoms with Crippen LogP contribution >= 0.6 is 0 Å². The average Bonchev–Trinajstić information content (AvgIpc) is 3.05. The second kappa shape index (κ2) is 6.68. The van der Waals surface area contributed by atoms with Gasteiger partial charge in [0.25, 0.3) is 0 Å². The predicted octanol–water partition coefficient (Wildman–Crippen LogP) is 1.67. The van der Waals surface area contributed by atoms with E-state index in [1.807, 2.05) is 25.4 Å². The van der Waals surface area contributed by atoms with Gasteiger partial charge in [-0.25, -0.2) is 19.9 Å². The third-order valence-electron chi connectivity index (χ3n) is 4.83. The van der Waals surface area contributed by atoms with Gasteiger partial charge in [-0.1, -0.05) is 0 Å². The third-order valence-corrected chi connectivity index (χ3v) is 4.83. The van der Waals surface area contributed by atoms with Gasteiger partial charge in [-0.3, -0.25) is 0 Å². The summed E-state index contributed by atoms with van der Waals surface area (Å²) in [5, 5.41) is 3.33. The number of hydrogen-bond donors (Lipinski definition) is 1. The van der Waals surface area contributed by atoms with E-state index in [1.165, 1.54) is 0 Å². The summed E-state index contributed by atoms with van der Waals surface area (Å²) >= 11 is 0. The quantitative estimate of drug-likeness (QED) is 0.916. The monoisotopic (exact) mass is 326 g/mol. The molecule has 3 atom stereocenters. The number of nitrogens with zero attached hydrogens (tertiary/aromatic N) is 5. The molecule has 2 aromatic rings. The molecule has 0 spiro atoms. The number of ether oxygens (including phenoxy) is 1. The Morgan fingerprint density at radius 1 is 1.17 bits per heavy atom. The molecule has 0 radical (unpaired) electrons. The number of rotatable bonds is 4. The number of aromatic nitrogens is 4. The summed E-state index contributed by atoms with van der Waals surface area (Å²) in [7, 11) is 0. The largest absolute Gasteiger partial charge is 0.374 e. The molecule has 0 aromatic carbocycles. The van der Waals surface area contributed by atoms with E-state index in [2.05, 4.69) is 30.2 Å². The summed E-state index contributed by atoms with van der Waals surface area (Å²) in [4.78, 5) is 19.8. The van der Waals surface area contributed by atoms with Crippen molar-refractivity contribution in [2.45, 2.75) is 31.9 Å². The Balaban J connectivity index is 1.43. The minimum absolute atomic E-state index is 0.208. The van der Waals surface area contributed by atoms with Crippen molar-refractivity contribution in [1.82, 2.24) is 19.9 Å². The van der Waals surface area contributed by atoms with E-state index in [0.29, 0.717) is 17.9 Å². The molecule has 0 amide bonds. The van der Waals surface area contributed by atoms with Gasteiger partial charge < -0.3 is 15.0 Å². The van der Waals surface area contributed by atoms with Crippen molar-refractivity contribution < 1.29 is 4.74 Å². The molecule has 7 heteroatoms. The van der Waals surface area contributed by atoms with Crippen LogP contribution in [0.15, 0.2) is 30.9 Å². The first-order valence-electron chi connectivity index (χ1n) is 8.49. The van der Waals surface area contributed by atoms with Crippen molar-refractivity contribution in [1.29, 1.82) is 0 Å². The lowest BCUT2D eigenvalue weighted by atomic mass is 10.0. The highest BCUT2D eigenvalue weighted by Gasteiger charge is 2.43. The molecule has 126 valence electrons. The van der Waals surface area contributed by atoms with Crippen LogP contribution in [0.3, 0.4) is 0 Å². The molecule has 7 nitrogen and oxygen atoms in total. The first-order valence-corrected chi connectivity index (χ1v) is 8.49. The van der Waals surface area contributed by atoms with Gasteiger partial charge in [0.2, 0.25) is 11.9 Å². The normalized spacial score (nSPS) is 26.2. The van der Waals surface area contributed by atoms with E-state index in [0.717, 1.165) is 44.0 Å². The molecule has 2 fully saturated rings. The molecule has 2 aliphatic rings. The number of morpholine rings is 1. The molecule has 2 aromatic heterocycles. The van der Waals surface area contributed by atoms with Crippen LogP contribution in [0, 0.1) is 12.8 Å². The Morgan fingerprint density at radius 2 is 1.96 bits per heavy atom. The van der Waals surface area contributed by atoms with E-state index in [4.69, 9.17) is 4.74 Å². The fraction of sp³-hybridized carbons (Fsp3) is 0.529. The molecule has 1 aliphatic heterocycles. The highest BCUT2D eigenvalue weighted by Crippen LogP contribution is 2.36. The van der Waals surface area contributed by atoms with Crippen molar-refractivity contribution in [3.8, 4) is 0 Å². The van der Waals surface area contributed by atoms with Crippen LogP contribution in [0.25, 0.3) is 0 Å². The minimum atomic E-state index is 0.208. The number of anilines is 2. The van der Waals surface area contributed by atoms with E-state index in [-0.39, 0.29) is 6.10 Å². The Bertz CT molecular complexity index is 665. The van der Waals surface area contributed by atoms with Crippen LogP contribution in [-0.4, -0.2) is 51.8 Å². The second-order valence-corrected chi connectivity index (χ2v) is 6.45. The molecule has 1 aliphatic carbocycles. The summed E-state index contributed by atoms with van der Waals surface area (Å²) in [6, 6.07) is 2.17. The Hall–Kier alpha value is -2.28. The van der Waals surface area contributed by atoms with Gasteiger partial charge in [-0.05, 0) is 31.4 Å². The van der Waals surface area contributed by atoms with E-state index >= 15 is 0 Å². The summed E-state index contributed by atoms with van der Waals surface area (Å²) in [6.07, 6.45) is 9.70. The van der Waals surface area contributed by atoms with Gasteiger partial charge in [-0.15, -0.1) is 0 Å². The van der Waals surface area contributed by atoms with E-state index in [1.54, 1.807) is 12.4 Å². The molecule has 3 heterocycles. The fourth-order valence-corrected chi connectivity index (χ4v) is 3.67. The maximum atomic E-state index is 6.10. The SMILES string of the molecule is Cc1cnc(N2CCO[C@H]3C(CNc4ncccn4)CC[C@@H]32)nc1. The van der Waals surface area contributed by atoms with Crippen LogP contribution in [0.5, 0.6) is 0 Å². The molecule has 1 saturated heterocycles. The van der Waals surface area contributed by atoms with Gasteiger partial charge in [0.1, 0.15) is 0 Å². The highest BCUT2D eigenvalue weighted by atomic mass is 16.5. The van der Waals surface area contributed by atoms with Crippen molar-refractivity contribution in [2.24, 2.45) is 5.92 Å². The summed E-state index contributed by atoms with van der Waals surface area (Å²) in [5.74, 6) is 1.95. The van der Waals surface area contributed by atoms with Crippen LogP contribution < -0.4 is 10.2 Å². The lowest BCUT2D eigenvalue weighted by molar-refractivity contribution is 0.000779. The standard InChI is InChI=1S/C17H22N6O/c1-12-9-21-17(22-10-12)23-7-8-24-15-13(3-4-14(15)23)11-20-16-18-5-2-6-19-16/h2,5-6,9-10,13-15H,3-4,7-8,11H2,1H3,(H,18,19,20)/t13?,14-,15-/m0/s1. The van der Waals surface area contributed by atoms with E-state index < -0.39 is 0 Å². The average molecular weight is 326 g/mol. The lowest BCUT2D eigenvalue weighted by Gasteiger charge is -2.39. The topological polar surface area (TPSA) is 76.1 Å². The van der Waals surface area contributed by atoms with Crippen molar-refractivity contribution >= 4 is 11.9 Å². The van der Waals surface area contributed by atoms with Crippen LogP contribution in [0.2, 0.25) is 0 Å². The maximum Gasteiger partial charge on any atom is 0.225 e. The zero-order chi connectivity index (χ0) is 16.4. The third kappa shape index (κ3) is 3.03. The van der Waals surface area contributed by atoms with E-state index in [9.17, 15) is 0 Å². The summed E-state index contributed by atoms with van der Waals surface area (Å²) in [6.45, 7) is 4.41. The van der Waals surface area contributed by atoms with Gasteiger partial charge in [0.15, 0.2) is 0 Å². The zero-order valence-electron chi connectivity index (χ0n) is 13.8. The lowest BCUT2D eigenvalue weighted by Crippen LogP contribution is -2.51. The predicted molar refractivity (Wildman–Crippen MR) is 90.9 cm³/mol. The fourth-order valence-electron chi connectivity index (χ4n) is 3.67. The van der Waals surface area contributed by atoms with Crippen molar-refractivity contribution in [2.75, 3.05) is 29.9 Å². The van der Waals surface area contributed by atoms with Gasteiger partial charge in [0.05, 0.1) is 18.8 Å². The first kappa shape index (κ1) is 15.3. The minimum Gasteiger partial charge on any atom is -0.374 e. The van der Waals surface area contributed by atoms with Crippen molar-refractivity contribution in [3.63, 3.8) is 0 Å². The highest BCUT2D eigenvalue weighted by molar-refractivity contribution is 5.34. The number of aryl methyl sites for hydroxylation is 1. The molecule has 0 bridgehead atoms.